The number of H-pyrrole nitrogens is 2. The third-order valence-corrected chi connectivity index (χ3v) is 5.70. The van der Waals surface area contributed by atoms with Crippen molar-refractivity contribution in [2.45, 2.75) is 53.0 Å². The van der Waals surface area contributed by atoms with Crippen LogP contribution in [-0.2, 0) is 11.2 Å². The Morgan fingerprint density at radius 2 is 1.93 bits per heavy atom. The topological polar surface area (TPSA) is 116 Å². The summed E-state index contributed by atoms with van der Waals surface area (Å²) in [5.41, 5.74) is 3.17. The monoisotopic (exact) mass is 396 g/mol. The summed E-state index contributed by atoms with van der Waals surface area (Å²) in [6.07, 6.45) is 1.64. The zero-order chi connectivity index (χ0) is 20.9. The van der Waals surface area contributed by atoms with Crippen LogP contribution in [0.15, 0.2) is 15.7 Å². The molecule has 4 rings (SSSR count). The molecule has 0 spiro atoms. The van der Waals surface area contributed by atoms with E-state index in [0.717, 1.165) is 18.5 Å². The minimum Gasteiger partial charge on any atom is -0.334 e. The van der Waals surface area contributed by atoms with Crippen LogP contribution in [0.4, 0.5) is 0 Å². The highest BCUT2D eigenvalue weighted by Gasteiger charge is 2.32. The maximum absolute atomic E-state index is 13.0. The largest absolute Gasteiger partial charge is 0.334 e. The van der Waals surface area contributed by atoms with Gasteiger partial charge in [0.15, 0.2) is 5.65 Å². The minimum absolute atomic E-state index is 0.00158. The molecule has 3 aromatic heterocycles. The fourth-order valence-electron chi connectivity index (χ4n) is 4.01. The van der Waals surface area contributed by atoms with Gasteiger partial charge in [0, 0.05) is 35.1 Å². The molecule has 1 atom stereocenters. The van der Waals surface area contributed by atoms with Gasteiger partial charge in [0.25, 0.3) is 11.1 Å². The average molecular weight is 396 g/mol. The highest BCUT2D eigenvalue weighted by atomic mass is 16.2. The van der Waals surface area contributed by atoms with Gasteiger partial charge in [-0.2, -0.15) is 0 Å². The molecule has 29 heavy (non-hydrogen) atoms. The molecule has 0 aliphatic carbocycles. The van der Waals surface area contributed by atoms with E-state index in [2.05, 4.69) is 20.1 Å². The lowest BCUT2D eigenvalue weighted by Crippen LogP contribution is -2.34. The number of amides is 1. The highest BCUT2D eigenvalue weighted by Crippen LogP contribution is 2.32. The second-order valence-corrected chi connectivity index (χ2v) is 7.67. The molecule has 0 radical (unpaired) electrons. The molecule has 1 fully saturated rings. The molecular weight excluding hydrogens is 372 g/mol. The van der Waals surface area contributed by atoms with Gasteiger partial charge in [0.05, 0.1) is 18.2 Å². The Kier molecular flexibility index (Phi) is 4.60. The lowest BCUT2D eigenvalue weighted by molar-refractivity contribution is -0.131. The summed E-state index contributed by atoms with van der Waals surface area (Å²) in [5, 5.41) is 3.12. The predicted molar refractivity (Wildman–Crippen MR) is 107 cm³/mol. The molecule has 0 saturated carbocycles. The lowest BCUT2D eigenvalue weighted by atomic mass is 10.1. The van der Waals surface area contributed by atoms with E-state index < -0.39 is 0 Å². The average Bonchev–Trinajstić information content (AvgIpc) is 3.29. The Bertz CT molecular complexity index is 1240. The van der Waals surface area contributed by atoms with Gasteiger partial charge >= 0.3 is 0 Å². The Balaban J connectivity index is 1.65. The Labute approximate surface area is 166 Å². The molecule has 2 N–H and O–H groups in total. The number of nitrogens with zero attached hydrogens (tertiary/aromatic N) is 4. The SMILES string of the molecule is Cc1nc(C)c(CC(=O)N2CCCC2c2cc3nc(C)c(C)c(=O)n3[nH]2)c(=O)[nH]1. The second kappa shape index (κ2) is 6.98. The van der Waals surface area contributed by atoms with Crippen LogP contribution >= 0.6 is 0 Å². The molecule has 3 aromatic rings. The van der Waals surface area contributed by atoms with Crippen LogP contribution < -0.4 is 11.1 Å². The summed E-state index contributed by atoms with van der Waals surface area (Å²) in [4.78, 5) is 51.0. The van der Waals surface area contributed by atoms with Crippen molar-refractivity contribution in [1.29, 1.82) is 0 Å². The predicted octanol–water partition coefficient (Wildman–Crippen LogP) is 1.25. The second-order valence-electron chi connectivity index (χ2n) is 7.67. The van der Waals surface area contributed by atoms with Crippen molar-refractivity contribution in [3.63, 3.8) is 0 Å². The maximum Gasteiger partial charge on any atom is 0.275 e. The quantitative estimate of drug-likeness (QED) is 0.691. The fourth-order valence-corrected chi connectivity index (χ4v) is 4.01. The van der Waals surface area contributed by atoms with E-state index in [1.54, 1.807) is 25.7 Å². The van der Waals surface area contributed by atoms with Crippen LogP contribution in [0.25, 0.3) is 5.65 Å². The van der Waals surface area contributed by atoms with E-state index >= 15 is 0 Å². The first-order valence-corrected chi connectivity index (χ1v) is 9.71. The maximum atomic E-state index is 13.0. The summed E-state index contributed by atoms with van der Waals surface area (Å²) in [5.74, 6) is 0.405. The van der Waals surface area contributed by atoms with Crippen molar-refractivity contribution in [2.75, 3.05) is 6.54 Å². The van der Waals surface area contributed by atoms with Crippen molar-refractivity contribution < 1.29 is 4.79 Å². The summed E-state index contributed by atoms with van der Waals surface area (Å²) in [7, 11) is 0. The molecule has 1 saturated heterocycles. The van der Waals surface area contributed by atoms with Gasteiger partial charge in [0.2, 0.25) is 5.91 Å². The molecule has 0 bridgehead atoms. The zero-order valence-corrected chi connectivity index (χ0v) is 17.0. The smallest absolute Gasteiger partial charge is 0.275 e. The number of hydrogen-bond donors (Lipinski definition) is 2. The van der Waals surface area contributed by atoms with E-state index in [0.29, 0.717) is 40.5 Å². The number of hydrogen-bond acceptors (Lipinski definition) is 5. The van der Waals surface area contributed by atoms with Crippen molar-refractivity contribution in [1.82, 2.24) is 29.5 Å². The number of nitrogens with one attached hydrogen (secondary N) is 2. The number of rotatable bonds is 3. The van der Waals surface area contributed by atoms with E-state index in [4.69, 9.17) is 0 Å². The van der Waals surface area contributed by atoms with E-state index in [9.17, 15) is 14.4 Å². The van der Waals surface area contributed by atoms with Crippen molar-refractivity contribution >= 4 is 11.6 Å². The van der Waals surface area contributed by atoms with Crippen LogP contribution in [-0.4, -0.2) is 41.9 Å². The van der Waals surface area contributed by atoms with E-state index in [1.807, 2.05) is 13.0 Å². The Morgan fingerprint density at radius 3 is 2.66 bits per heavy atom. The fraction of sp³-hybridized carbons (Fsp3) is 0.450. The normalized spacial score (nSPS) is 16.7. The third kappa shape index (κ3) is 3.26. The molecule has 1 unspecified atom stereocenters. The van der Waals surface area contributed by atoms with Crippen LogP contribution in [0.3, 0.4) is 0 Å². The van der Waals surface area contributed by atoms with Gasteiger partial charge in [0.1, 0.15) is 5.82 Å². The molecule has 152 valence electrons. The van der Waals surface area contributed by atoms with Gasteiger partial charge in [-0.15, -0.1) is 0 Å². The van der Waals surface area contributed by atoms with E-state index in [1.165, 1.54) is 4.52 Å². The first-order chi connectivity index (χ1) is 13.8. The molecule has 9 nitrogen and oxygen atoms in total. The van der Waals surface area contributed by atoms with Crippen LogP contribution in [0, 0.1) is 27.7 Å². The number of aromatic nitrogens is 5. The number of aromatic amines is 2. The minimum atomic E-state index is -0.272. The van der Waals surface area contributed by atoms with Gasteiger partial charge in [-0.1, -0.05) is 0 Å². The Morgan fingerprint density at radius 1 is 1.17 bits per heavy atom. The molecule has 1 aliphatic rings. The van der Waals surface area contributed by atoms with Gasteiger partial charge in [-0.3, -0.25) is 19.5 Å². The zero-order valence-electron chi connectivity index (χ0n) is 17.0. The van der Waals surface area contributed by atoms with Crippen LogP contribution in [0.2, 0.25) is 0 Å². The molecule has 1 aliphatic heterocycles. The van der Waals surface area contributed by atoms with Gasteiger partial charge < -0.3 is 9.88 Å². The summed E-state index contributed by atoms with van der Waals surface area (Å²) in [6.45, 7) is 7.62. The van der Waals surface area contributed by atoms with Crippen molar-refractivity contribution in [3.05, 3.63) is 60.8 Å². The number of carbonyl (C=O) groups is 1. The van der Waals surface area contributed by atoms with Crippen LogP contribution in [0.1, 0.15) is 52.9 Å². The van der Waals surface area contributed by atoms with Crippen molar-refractivity contribution in [3.8, 4) is 0 Å². The third-order valence-electron chi connectivity index (χ3n) is 5.70. The van der Waals surface area contributed by atoms with Gasteiger partial charge in [-0.25, -0.2) is 14.5 Å². The van der Waals surface area contributed by atoms with Gasteiger partial charge in [-0.05, 0) is 40.5 Å². The number of likely N-dealkylation sites (tertiary alicyclic amines) is 1. The highest BCUT2D eigenvalue weighted by molar-refractivity contribution is 5.79. The summed E-state index contributed by atoms with van der Waals surface area (Å²) < 4.78 is 1.43. The first kappa shape index (κ1) is 19.1. The van der Waals surface area contributed by atoms with Crippen LogP contribution in [0.5, 0.6) is 0 Å². The molecule has 1 amide bonds. The molecule has 0 aromatic carbocycles. The Hall–Kier alpha value is -3.23. The lowest BCUT2D eigenvalue weighted by Gasteiger charge is -2.24. The molecule has 4 heterocycles. The standard InChI is InChI=1S/C20H24N6O3/c1-10-11(2)22-17-9-15(24-26(17)20(10)29)16-6-5-7-25(16)18(27)8-14-12(3)21-13(4)23-19(14)28/h9,16,24H,5-8H2,1-4H3,(H,21,23,28). The first-order valence-electron chi connectivity index (χ1n) is 9.71. The molecule has 9 heteroatoms. The summed E-state index contributed by atoms with van der Waals surface area (Å²) >= 11 is 0. The summed E-state index contributed by atoms with van der Waals surface area (Å²) in [6, 6.07) is 1.65. The van der Waals surface area contributed by atoms with Crippen molar-refractivity contribution in [2.24, 2.45) is 0 Å². The number of aryl methyl sites for hydroxylation is 3. The van der Waals surface area contributed by atoms with E-state index in [-0.39, 0.29) is 29.5 Å². The number of fused-ring (bicyclic) bond motifs is 1. The molecular formula is C20H24N6O3. The number of carbonyl (C=O) groups excluding carboxylic acids is 1.